The molecular weight excluding hydrogens is 263 g/mol. The minimum atomic E-state index is 0.998. The van der Waals surface area contributed by atoms with Crippen LogP contribution in [0, 0.1) is 10.5 Å². The fraction of sp³-hybridized carbons (Fsp3) is 0.111. The number of fused-ring (bicyclic) bond motifs is 1. The lowest BCUT2D eigenvalue weighted by Crippen LogP contribution is -1.88. The van der Waals surface area contributed by atoms with Crippen LogP contribution in [0.5, 0.6) is 0 Å². The molecule has 2 nitrogen and oxygen atoms in total. The molecule has 0 fully saturated rings. The van der Waals surface area contributed by atoms with Crippen LogP contribution < -0.4 is 0 Å². The van der Waals surface area contributed by atoms with E-state index in [1.807, 2.05) is 6.92 Å². The van der Waals surface area contributed by atoms with Crippen LogP contribution in [-0.2, 0) is 0 Å². The van der Waals surface area contributed by atoms with E-state index in [9.17, 15) is 0 Å². The van der Waals surface area contributed by atoms with Crippen molar-refractivity contribution in [3.8, 4) is 0 Å². The maximum Gasteiger partial charge on any atom is 0.102 e. The zero-order chi connectivity index (χ0) is 8.55. The van der Waals surface area contributed by atoms with E-state index in [-0.39, 0.29) is 0 Å². The Morgan fingerprint density at radius 3 is 2.42 bits per heavy atom. The van der Waals surface area contributed by atoms with Gasteiger partial charge in [-0.2, -0.15) is 0 Å². The van der Waals surface area contributed by atoms with Gasteiger partial charge < -0.3 is 0 Å². The minimum Gasteiger partial charge on any atom is -0.253 e. The van der Waals surface area contributed by atoms with Gasteiger partial charge in [0.25, 0.3) is 0 Å². The van der Waals surface area contributed by atoms with Crippen LogP contribution >= 0.6 is 22.6 Å². The third-order valence-electron chi connectivity index (χ3n) is 1.78. The summed E-state index contributed by atoms with van der Waals surface area (Å²) in [4.78, 5) is 8.55. The van der Waals surface area contributed by atoms with Gasteiger partial charge in [0.2, 0.25) is 0 Å². The average molecular weight is 270 g/mol. The number of hydrogen-bond donors (Lipinski definition) is 0. The molecule has 0 N–H and O–H groups in total. The number of hydrogen-bond acceptors (Lipinski definition) is 2. The molecule has 1 aromatic carbocycles. The zero-order valence-corrected chi connectivity index (χ0v) is 8.74. The fourth-order valence-corrected chi connectivity index (χ4v) is 1.73. The molecule has 0 aliphatic carbocycles. The molecule has 12 heavy (non-hydrogen) atoms. The summed E-state index contributed by atoms with van der Waals surface area (Å²) in [7, 11) is 0. The summed E-state index contributed by atoms with van der Waals surface area (Å²) in [5.41, 5.74) is 3.18. The number of benzene rings is 1. The summed E-state index contributed by atoms with van der Waals surface area (Å²) in [6, 6.07) is 4.13. The van der Waals surface area contributed by atoms with Gasteiger partial charge >= 0.3 is 0 Å². The van der Waals surface area contributed by atoms with Crippen molar-refractivity contribution in [2.24, 2.45) is 0 Å². The smallest absolute Gasteiger partial charge is 0.102 e. The molecule has 2 rings (SSSR count). The molecule has 60 valence electrons. The highest BCUT2D eigenvalue weighted by molar-refractivity contribution is 14.1. The fourth-order valence-electron chi connectivity index (χ4n) is 1.16. The SMILES string of the molecule is Cc1ccc(I)c2nccnc12. The molecule has 0 saturated carbocycles. The molecule has 0 bridgehead atoms. The van der Waals surface area contributed by atoms with E-state index >= 15 is 0 Å². The molecule has 0 atom stereocenters. The number of aryl methyl sites for hydroxylation is 1. The number of halogens is 1. The summed E-state index contributed by atoms with van der Waals surface area (Å²) in [6.07, 6.45) is 3.45. The van der Waals surface area contributed by atoms with Gasteiger partial charge in [-0.1, -0.05) is 6.07 Å². The first-order valence-corrected chi connectivity index (χ1v) is 4.73. The molecule has 0 unspecified atom stereocenters. The molecule has 0 radical (unpaired) electrons. The lowest BCUT2D eigenvalue weighted by molar-refractivity contribution is 1.27. The topological polar surface area (TPSA) is 25.8 Å². The molecule has 1 aromatic heterocycles. The van der Waals surface area contributed by atoms with Gasteiger partial charge in [-0.15, -0.1) is 0 Å². The Kier molecular flexibility index (Phi) is 1.96. The summed E-state index contributed by atoms with van der Waals surface area (Å²) in [5.74, 6) is 0. The molecule has 1 heterocycles. The van der Waals surface area contributed by atoms with Gasteiger partial charge in [-0.05, 0) is 41.1 Å². The Bertz CT molecular complexity index is 385. The Hall–Kier alpha value is -0.710. The highest BCUT2D eigenvalue weighted by Crippen LogP contribution is 2.18. The molecule has 3 heteroatoms. The lowest BCUT2D eigenvalue weighted by atomic mass is 10.2. The van der Waals surface area contributed by atoms with E-state index in [0.717, 1.165) is 14.6 Å². The van der Waals surface area contributed by atoms with Crippen molar-refractivity contribution in [2.75, 3.05) is 0 Å². The summed E-state index contributed by atoms with van der Waals surface area (Å²) in [5, 5.41) is 0. The van der Waals surface area contributed by atoms with Crippen molar-refractivity contribution in [3.63, 3.8) is 0 Å². The predicted molar refractivity (Wildman–Crippen MR) is 57.0 cm³/mol. The van der Waals surface area contributed by atoms with Crippen molar-refractivity contribution < 1.29 is 0 Å². The Morgan fingerprint density at radius 1 is 1.08 bits per heavy atom. The number of aromatic nitrogens is 2. The van der Waals surface area contributed by atoms with Crippen LogP contribution in [0.25, 0.3) is 11.0 Å². The third kappa shape index (κ3) is 1.18. The second-order valence-corrected chi connectivity index (χ2v) is 3.78. The Morgan fingerprint density at radius 2 is 1.75 bits per heavy atom. The second kappa shape index (κ2) is 2.97. The first-order chi connectivity index (χ1) is 5.79. The average Bonchev–Trinajstić information content (AvgIpc) is 2.12. The van der Waals surface area contributed by atoms with Crippen molar-refractivity contribution >= 4 is 33.6 Å². The van der Waals surface area contributed by atoms with Crippen molar-refractivity contribution in [3.05, 3.63) is 33.7 Å². The van der Waals surface area contributed by atoms with E-state index in [1.54, 1.807) is 12.4 Å². The highest BCUT2D eigenvalue weighted by atomic mass is 127. The molecule has 0 aliphatic rings. The summed E-state index contributed by atoms with van der Waals surface area (Å²) in [6.45, 7) is 2.05. The predicted octanol–water partition coefficient (Wildman–Crippen LogP) is 2.54. The van der Waals surface area contributed by atoms with E-state index in [4.69, 9.17) is 0 Å². The summed E-state index contributed by atoms with van der Waals surface area (Å²) >= 11 is 2.27. The Balaban J connectivity index is 2.95. The molecule has 0 aliphatic heterocycles. The van der Waals surface area contributed by atoms with Gasteiger partial charge in [0.1, 0.15) is 5.52 Å². The molecular formula is C9H7IN2. The van der Waals surface area contributed by atoms with Crippen LogP contribution in [0.15, 0.2) is 24.5 Å². The lowest BCUT2D eigenvalue weighted by Gasteiger charge is -2.00. The van der Waals surface area contributed by atoms with Crippen LogP contribution in [0.2, 0.25) is 0 Å². The molecule has 2 aromatic rings. The van der Waals surface area contributed by atoms with E-state index in [1.165, 1.54) is 5.56 Å². The third-order valence-corrected chi connectivity index (χ3v) is 2.65. The van der Waals surface area contributed by atoms with Crippen LogP contribution in [0.4, 0.5) is 0 Å². The number of nitrogens with zero attached hydrogens (tertiary/aromatic N) is 2. The maximum atomic E-state index is 4.27. The van der Waals surface area contributed by atoms with Crippen LogP contribution in [0.3, 0.4) is 0 Å². The Labute approximate surface area is 84.2 Å². The quantitative estimate of drug-likeness (QED) is 0.687. The van der Waals surface area contributed by atoms with Gasteiger partial charge in [-0.3, -0.25) is 9.97 Å². The minimum absolute atomic E-state index is 0.998. The largest absolute Gasteiger partial charge is 0.253 e. The van der Waals surface area contributed by atoms with Crippen LogP contribution in [0.1, 0.15) is 5.56 Å². The standard InChI is InChI=1S/C9H7IN2/c1-6-2-3-7(10)9-8(6)11-4-5-12-9/h2-5H,1H3. The van der Waals surface area contributed by atoms with Gasteiger partial charge in [0.15, 0.2) is 0 Å². The van der Waals surface area contributed by atoms with E-state index in [0.29, 0.717) is 0 Å². The molecule has 0 spiro atoms. The first-order valence-electron chi connectivity index (χ1n) is 3.65. The normalized spacial score (nSPS) is 10.5. The molecule has 0 saturated heterocycles. The van der Waals surface area contributed by atoms with Gasteiger partial charge in [-0.25, -0.2) is 0 Å². The second-order valence-electron chi connectivity index (χ2n) is 2.62. The molecule has 0 amide bonds. The van der Waals surface area contributed by atoms with Crippen LogP contribution in [-0.4, -0.2) is 9.97 Å². The number of rotatable bonds is 0. The van der Waals surface area contributed by atoms with Gasteiger partial charge in [0.05, 0.1) is 5.52 Å². The monoisotopic (exact) mass is 270 g/mol. The summed E-state index contributed by atoms with van der Waals surface area (Å²) < 4.78 is 1.15. The van der Waals surface area contributed by atoms with Crippen molar-refractivity contribution in [1.82, 2.24) is 9.97 Å². The van der Waals surface area contributed by atoms with Gasteiger partial charge in [0, 0.05) is 16.0 Å². The highest BCUT2D eigenvalue weighted by Gasteiger charge is 2.01. The maximum absolute atomic E-state index is 4.27. The van der Waals surface area contributed by atoms with E-state index in [2.05, 4.69) is 44.7 Å². The van der Waals surface area contributed by atoms with Crippen molar-refractivity contribution in [1.29, 1.82) is 0 Å². The zero-order valence-electron chi connectivity index (χ0n) is 6.58. The van der Waals surface area contributed by atoms with E-state index < -0.39 is 0 Å². The first kappa shape index (κ1) is 7.91. The van der Waals surface area contributed by atoms with Crippen molar-refractivity contribution in [2.45, 2.75) is 6.92 Å².